The molecule has 2 N–H and O–H groups in total. The molecule has 0 unspecified atom stereocenters. The fourth-order valence-electron chi connectivity index (χ4n) is 2.58. The number of benzene rings is 1. The minimum atomic E-state index is -0.105. The Morgan fingerprint density at radius 2 is 1.21 bits per heavy atom. The van der Waals surface area contributed by atoms with E-state index < -0.39 is 0 Å². The van der Waals surface area contributed by atoms with Crippen LogP contribution in [0.3, 0.4) is 0 Å². The Balaban J connectivity index is 2.58. The van der Waals surface area contributed by atoms with Crippen LogP contribution in [0.1, 0.15) is 85.1 Å². The molecule has 0 bridgehead atoms. The molecule has 0 saturated carbocycles. The molecule has 0 spiro atoms. The van der Waals surface area contributed by atoms with Crippen LogP contribution in [0.25, 0.3) is 0 Å². The quantitative estimate of drug-likeness (QED) is 0.596. The SMILES string of the molecule is CCCCCCNC(=O)c1cc(C)cc(C(=O)NCCCCC)c1. The van der Waals surface area contributed by atoms with E-state index in [9.17, 15) is 9.59 Å². The lowest BCUT2D eigenvalue weighted by Crippen LogP contribution is -2.27. The smallest absolute Gasteiger partial charge is 0.251 e. The van der Waals surface area contributed by atoms with E-state index in [2.05, 4.69) is 24.5 Å². The first-order valence-corrected chi connectivity index (χ1v) is 9.26. The van der Waals surface area contributed by atoms with Crippen LogP contribution in [-0.4, -0.2) is 24.9 Å². The summed E-state index contributed by atoms with van der Waals surface area (Å²) in [5.74, 6) is -0.206. The van der Waals surface area contributed by atoms with Gasteiger partial charge >= 0.3 is 0 Å². The molecule has 4 heteroatoms. The molecular weight excluding hydrogens is 300 g/mol. The van der Waals surface area contributed by atoms with Gasteiger partial charge in [-0.15, -0.1) is 0 Å². The zero-order valence-electron chi connectivity index (χ0n) is 15.4. The van der Waals surface area contributed by atoms with Crippen LogP contribution in [0.15, 0.2) is 18.2 Å². The second kappa shape index (κ2) is 11.7. The van der Waals surface area contributed by atoms with Gasteiger partial charge in [0, 0.05) is 24.2 Å². The highest BCUT2D eigenvalue weighted by molar-refractivity contribution is 6.00. The Labute approximate surface area is 146 Å². The van der Waals surface area contributed by atoms with E-state index in [1.54, 1.807) is 6.07 Å². The van der Waals surface area contributed by atoms with Crippen LogP contribution in [-0.2, 0) is 0 Å². The number of carbonyl (C=O) groups excluding carboxylic acids is 2. The molecule has 0 aromatic heterocycles. The van der Waals surface area contributed by atoms with Crippen molar-refractivity contribution in [3.63, 3.8) is 0 Å². The molecule has 0 aliphatic rings. The van der Waals surface area contributed by atoms with Crippen molar-refractivity contribution in [2.45, 2.75) is 65.7 Å². The van der Waals surface area contributed by atoms with E-state index in [1.807, 2.05) is 19.1 Å². The number of hydrogen-bond donors (Lipinski definition) is 2. The summed E-state index contributed by atoms with van der Waals surface area (Å²) in [6, 6.07) is 5.34. The summed E-state index contributed by atoms with van der Waals surface area (Å²) in [4.78, 5) is 24.5. The number of nitrogens with one attached hydrogen (secondary N) is 2. The molecular formula is C20H32N2O2. The molecule has 1 aromatic rings. The first-order chi connectivity index (χ1) is 11.6. The largest absolute Gasteiger partial charge is 0.352 e. The van der Waals surface area contributed by atoms with Crippen molar-refractivity contribution in [3.8, 4) is 0 Å². The Hall–Kier alpha value is -1.84. The number of amides is 2. The van der Waals surface area contributed by atoms with E-state index in [1.165, 1.54) is 12.8 Å². The van der Waals surface area contributed by atoms with Crippen molar-refractivity contribution in [3.05, 3.63) is 34.9 Å². The molecule has 1 aromatic carbocycles. The summed E-state index contributed by atoms with van der Waals surface area (Å²) in [5.41, 5.74) is 2.04. The van der Waals surface area contributed by atoms with Crippen molar-refractivity contribution in [2.24, 2.45) is 0 Å². The van der Waals surface area contributed by atoms with Crippen molar-refractivity contribution >= 4 is 11.8 Å². The molecule has 24 heavy (non-hydrogen) atoms. The molecule has 4 nitrogen and oxygen atoms in total. The van der Waals surface area contributed by atoms with Gasteiger partial charge in [0.15, 0.2) is 0 Å². The van der Waals surface area contributed by atoms with Gasteiger partial charge in [0.25, 0.3) is 11.8 Å². The van der Waals surface area contributed by atoms with Gasteiger partial charge in [0.05, 0.1) is 0 Å². The second-order valence-electron chi connectivity index (χ2n) is 6.37. The zero-order chi connectivity index (χ0) is 17.8. The van der Waals surface area contributed by atoms with Crippen LogP contribution in [0.4, 0.5) is 0 Å². The van der Waals surface area contributed by atoms with E-state index in [4.69, 9.17) is 0 Å². The predicted octanol–water partition coefficient (Wildman–Crippen LogP) is 4.23. The summed E-state index contributed by atoms with van der Waals surface area (Å²) in [6.07, 6.45) is 7.74. The average Bonchev–Trinajstić information content (AvgIpc) is 2.57. The maximum atomic E-state index is 12.3. The molecule has 0 aliphatic heterocycles. The predicted molar refractivity (Wildman–Crippen MR) is 99.5 cm³/mol. The molecule has 0 fully saturated rings. The van der Waals surface area contributed by atoms with E-state index >= 15 is 0 Å². The molecule has 0 radical (unpaired) electrons. The minimum absolute atomic E-state index is 0.102. The van der Waals surface area contributed by atoms with Gasteiger partial charge in [0.2, 0.25) is 0 Å². The van der Waals surface area contributed by atoms with Crippen LogP contribution < -0.4 is 10.6 Å². The van der Waals surface area contributed by atoms with E-state index in [0.717, 1.165) is 37.7 Å². The van der Waals surface area contributed by atoms with Gasteiger partial charge in [-0.3, -0.25) is 9.59 Å². The number of aryl methyl sites for hydroxylation is 1. The summed E-state index contributed by atoms with van der Waals surface area (Å²) in [7, 11) is 0. The molecule has 0 saturated heterocycles. The third-order valence-corrected chi connectivity index (χ3v) is 3.98. The third-order valence-electron chi connectivity index (χ3n) is 3.98. The Morgan fingerprint density at radius 1 is 0.750 bits per heavy atom. The lowest BCUT2D eigenvalue weighted by atomic mass is 10.0. The van der Waals surface area contributed by atoms with E-state index in [0.29, 0.717) is 24.2 Å². The molecule has 134 valence electrons. The highest BCUT2D eigenvalue weighted by Gasteiger charge is 2.11. The summed E-state index contributed by atoms with van der Waals surface area (Å²) in [5, 5.41) is 5.86. The third kappa shape index (κ3) is 7.62. The van der Waals surface area contributed by atoms with Crippen LogP contribution in [0.2, 0.25) is 0 Å². The average molecular weight is 332 g/mol. The normalized spacial score (nSPS) is 10.5. The lowest BCUT2D eigenvalue weighted by molar-refractivity contribution is 0.0952. The number of unbranched alkanes of at least 4 members (excludes halogenated alkanes) is 5. The van der Waals surface area contributed by atoms with Gasteiger partial charge in [-0.2, -0.15) is 0 Å². The van der Waals surface area contributed by atoms with Crippen LogP contribution >= 0.6 is 0 Å². The van der Waals surface area contributed by atoms with Crippen molar-refractivity contribution in [1.29, 1.82) is 0 Å². The number of hydrogen-bond acceptors (Lipinski definition) is 2. The van der Waals surface area contributed by atoms with Crippen LogP contribution in [0, 0.1) is 6.92 Å². The Kier molecular flexibility index (Phi) is 9.81. The highest BCUT2D eigenvalue weighted by atomic mass is 16.2. The Bertz CT molecular complexity index is 526. The maximum Gasteiger partial charge on any atom is 0.251 e. The second-order valence-corrected chi connectivity index (χ2v) is 6.37. The highest BCUT2D eigenvalue weighted by Crippen LogP contribution is 2.10. The van der Waals surface area contributed by atoms with Crippen molar-refractivity contribution in [2.75, 3.05) is 13.1 Å². The summed E-state index contributed by atoms with van der Waals surface area (Å²) >= 11 is 0. The number of rotatable bonds is 11. The number of carbonyl (C=O) groups is 2. The topological polar surface area (TPSA) is 58.2 Å². The van der Waals surface area contributed by atoms with Gasteiger partial charge in [0.1, 0.15) is 0 Å². The standard InChI is InChI=1S/C20H32N2O2/c1-4-6-8-10-12-22-20(24)18-14-16(3)13-17(15-18)19(23)21-11-9-7-5-2/h13-15H,4-12H2,1-3H3,(H,21,23)(H,22,24). The summed E-state index contributed by atoms with van der Waals surface area (Å²) < 4.78 is 0. The van der Waals surface area contributed by atoms with Gasteiger partial charge in [-0.05, 0) is 43.5 Å². The first-order valence-electron chi connectivity index (χ1n) is 9.26. The summed E-state index contributed by atoms with van der Waals surface area (Å²) in [6.45, 7) is 7.58. The maximum absolute atomic E-state index is 12.3. The molecule has 1 rings (SSSR count). The van der Waals surface area contributed by atoms with Crippen molar-refractivity contribution < 1.29 is 9.59 Å². The minimum Gasteiger partial charge on any atom is -0.352 e. The fourth-order valence-corrected chi connectivity index (χ4v) is 2.58. The first kappa shape index (κ1) is 20.2. The zero-order valence-corrected chi connectivity index (χ0v) is 15.4. The lowest BCUT2D eigenvalue weighted by Gasteiger charge is -2.09. The van der Waals surface area contributed by atoms with Crippen molar-refractivity contribution in [1.82, 2.24) is 10.6 Å². The molecule has 0 atom stereocenters. The molecule has 0 heterocycles. The monoisotopic (exact) mass is 332 g/mol. The molecule has 0 aliphatic carbocycles. The van der Waals surface area contributed by atoms with Gasteiger partial charge in [-0.25, -0.2) is 0 Å². The van der Waals surface area contributed by atoms with Gasteiger partial charge < -0.3 is 10.6 Å². The van der Waals surface area contributed by atoms with Crippen LogP contribution in [0.5, 0.6) is 0 Å². The fraction of sp³-hybridized carbons (Fsp3) is 0.600. The van der Waals surface area contributed by atoms with Gasteiger partial charge in [-0.1, -0.05) is 46.0 Å². The Morgan fingerprint density at radius 3 is 1.71 bits per heavy atom. The van der Waals surface area contributed by atoms with E-state index in [-0.39, 0.29) is 11.8 Å². The molecule has 2 amide bonds.